The van der Waals surface area contributed by atoms with Crippen LogP contribution in [0, 0.1) is 5.41 Å². The average molecular weight is 664 g/mol. The van der Waals surface area contributed by atoms with E-state index >= 15 is 0 Å². The fraction of sp³-hybridized carbons (Fsp3) is 0.405. The van der Waals surface area contributed by atoms with Gasteiger partial charge in [0.25, 0.3) is 11.1 Å². The second-order valence-corrected chi connectivity index (χ2v) is 14.4. The van der Waals surface area contributed by atoms with Crippen LogP contribution in [-0.2, 0) is 31.2 Å². The van der Waals surface area contributed by atoms with Crippen LogP contribution in [0.15, 0.2) is 70.9 Å². The molecule has 8 rings (SSSR count). The zero-order valence-corrected chi connectivity index (χ0v) is 28.3. The molecular formula is C37H42N8O4. The Morgan fingerprint density at radius 1 is 1.08 bits per heavy atom. The molecule has 12 nitrogen and oxygen atoms in total. The lowest BCUT2D eigenvalue weighted by atomic mass is 9.90. The Balaban J connectivity index is 1.09. The van der Waals surface area contributed by atoms with Gasteiger partial charge in [0.1, 0.15) is 22.8 Å². The Morgan fingerprint density at radius 2 is 1.92 bits per heavy atom. The molecule has 2 saturated heterocycles. The monoisotopic (exact) mass is 663 g/mol. The number of nitrogens with zero attached hydrogens (tertiary/aromatic N) is 7. The van der Waals surface area contributed by atoms with Crippen molar-refractivity contribution < 1.29 is 11.2 Å². The highest BCUT2D eigenvalue weighted by atomic mass is 16.5. The van der Waals surface area contributed by atoms with Crippen molar-refractivity contribution in [3.63, 3.8) is 0 Å². The molecule has 3 aliphatic rings. The minimum absolute atomic E-state index is 0.141. The predicted octanol–water partition coefficient (Wildman–Crippen LogP) is 3.52. The van der Waals surface area contributed by atoms with Crippen LogP contribution in [0.2, 0.25) is 0 Å². The molecular weight excluding hydrogens is 620 g/mol. The predicted molar refractivity (Wildman–Crippen MR) is 189 cm³/mol. The van der Waals surface area contributed by atoms with Crippen LogP contribution in [0.25, 0.3) is 22.5 Å². The van der Waals surface area contributed by atoms with Gasteiger partial charge in [-0.2, -0.15) is 0 Å². The summed E-state index contributed by atoms with van der Waals surface area (Å²) in [6.07, 6.45) is 10.3. The van der Waals surface area contributed by atoms with Crippen LogP contribution in [0.5, 0.6) is 0 Å². The maximum Gasteiger partial charge on any atom is 0.280 e. The van der Waals surface area contributed by atoms with Gasteiger partial charge in [0.15, 0.2) is 0 Å². The van der Waals surface area contributed by atoms with E-state index < -0.39 is 6.58 Å². The smallest absolute Gasteiger partial charge is 0.280 e. The van der Waals surface area contributed by atoms with Crippen LogP contribution in [-0.4, -0.2) is 78.4 Å². The van der Waals surface area contributed by atoms with Crippen LogP contribution < -0.4 is 21.3 Å². The average Bonchev–Trinajstić information content (AvgIpc) is 3.55. The Morgan fingerprint density at radius 3 is 2.63 bits per heavy atom. The molecule has 1 aliphatic carbocycles. The minimum Gasteiger partial charge on any atom is -0.392 e. The normalized spacial score (nSPS) is 20.2. The van der Waals surface area contributed by atoms with Crippen LogP contribution >= 0.6 is 0 Å². The summed E-state index contributed by atoms with van der Waals surface area (Å²) in [7, 11) is 1.65. The second-order valence-electron chi connectivity index (χ2n) is 14.4. The van der Waals surface area contributed by atoms with Gasteiger partial charge in [0.05, 0.1) is 39.1 Å². The first-order valence-electron chi connectivity index (χ1n) is 17.4. The van der Waals surface area contributed by atoms with E-state index in [4.69, 9.17) is 6.11 Å². The van der Waals surface area contributed by atoms with Crippen LogP contribution in [0.3, 0.4) is 0 Å². The second kappa shape index (κ2) is 12.0. The summed E-state index contributed by atoms with van der Waals surface area (Å²) < 4.78 is 18.6. The SMILES string of the molecule is [2H]C(O)c1c(-c2cc(Nc3ccc(N4CCN(C5COC5)C[C@@H]4C)cn3)c(=O)n(C)c2)ccnc1-n1ccn2c3c(cc2c1=O)CC(C)(C)C3. The summed E-state index contributed by atoms with van der Waals surface area (Å²) >= 11 is 0. The molecule has 0 radical (unpaired) electrons. The molecule has 0 spiro atoms. The first kappa shape index (κ1) is 30.3. The highest BCUT2D eigenvalue weighted by molar-refractivity contribution is 5.73. The van der Waals surface area contributed by atoms with Gasteiger partial charge in [-0.3, -0.25) is 19.1 Å². The number of aliphatic hydroxyl groups is 1. The van der Waals surface area contributed by atoms with Crippen molar-refractivity contribution in [2.75, 3.05) is 43.1 Å². The number of piperazine rings is 1. The van der Waals surface area contributed by atoms with E-state index in [-0.39, 0.29) is 33.6 Å². The number of pyridine rings is 3. The molecule has 0 aromatic carbocycles. The third kappa shape index (κ3) is 5.53. The number of aliphatic hydroxyl groups excluding tert-OH is 1. The van der Waals surface area contributed by atoms with Crippen molar-refractivity contribution in [2.24, 2.45) is 12.5 Å². The fourth-order valence-corrected chi connectivity index (χ4v) is 7.71. The van der Waals surface area contributed by atoms with E-state index in [0.717, 1.165) is 62.6 Å². The van der Waals surface area contributed by atoms with E-state index in [0.29, 0.717) is 34.5 Å². The third-order valence-electron chi connectivity index (χ3n) is 10.3. The van der Waals surface area contributed by atoms with Crippen molar-refractivity contribution in [3.8, 4) is 16.9 Å². The van der Waals surface area contributed by atoms with E-state index in [1.54, 1.807) is 37.8 Å². The third-order valence-corrected chi connectivity index (χ3v) is 10.3. The first-order valence-corrected chi connectivity index (χ1v) is 16.8. The zero-order chi connectivity index (χ0) is 34.9. The summed E-state index contributed by atoms with van der Waals surface area (Å²) in [5.41, 5.74) is 4.92. The lowest BCUT2D eigenvalue weighted by Crippen LogP contribution is -2.59. The number of nitrogens with one attached hydrogen (secondary N) is 1. The summed E-state index contributed by atoms with van der Waals surface area (Å²) in [5, 5.41) is 14.0. The van der Waals surface area contributed by atoms with Crippen molar-refractivity contribution in [1.82, 2.24) is 28.4 Å². The van der Waals surface area contributed by atoms with Gasteiger partial charge in [-0.25, -0.2) is 9.97 Å². The molecule has 7 heterocycles. The Labute approximate surface area is 285 Å². The number of aryl methyl sites for hydroxylation is 1. The van der Waals surface area contributed by atoms with E-state index in [1.165, 1.54) is 9.13 Å². The summed E-state index contributed by atoms with van der Waals surface area (Å²) in [6.45, 7) is 9.44. The molecule has 49 heavy (non-hydrogen) atoms. The molecule has 2 aliphatic heterocycles. The van der Waals surface area contributed by atoms with Crippen LogP contribution in [0.4, 0.5) is 17.2 Å². The maximum absolute atomic E-state index is 13.9. The van der Waals surface area contributed by atoms with E-state index in [2.05, 4.69) is 45.9 Å². The Bertz CT molecular complexity index is 2220. The quantitative estimate of drug-likeness (QED) is 0.270. The summed E-state index contributed by atoms with van der Waals surface area (Å²) in [4.78, 5) is 41.1. The largest absolute Gasteiger partial charge is 0.392 e. The van der Waals surface area contributed by atoms with Crippen molar-refractivity contribution in [2.45, 2.75) is 52.3 Å². The summed E-state index contributed by atoms with van der Waals surface area (Å²) in [5.74, 6) is 0.676. The maximum atomic E-state index is 13.9. The van der Waals surface area contributed by atoms with Gasteiger partial charge in [0.2, 0.25) is 0 Å². The van der Waals surface area contributed by atoms with Crippen molar-refractivity contribution in [1.29, 1.82) is 0 Å². The molecule has 254 valence electrons. The number of hydrogen-bond acceptors (Lipinski definition) is 9. The van der Waals surface area contributed by atoms with Gasteiger partial charge in [0, 0.05) is 74.3 Å². The zero-order valence-electron chi connectivity index (χ0n) is 29.3. The standard InChI is InChI=1S/C37H42N8O4/c1-23-18-42(27-21-49-22-27)9-10-43(23)26-5-6-33(39-17-26)40-30-13-25(19-41(4)35(30)47)28-7-8-38-34(29(28)20-46)45-12-11-44-31(36(45)48)14-24-15-37(2,3)16-32(24)44/h5-8,11-14,17,19,23,27,46H,9-10,15-16,18,20-22H2,1-4H3,(H,39,40)/t23-/m0/s1/i20D/t20?,23-. The molecule has 0 amide bonds. The number of anilines is 3. The first-order chi connectivity index (χ1) is 24.0. The number of aromatic nitrogens is 5. The molecule has 2 N–H and O–H groups in total. The molecule has 12 heteroatoms. The van der Waals surface area contributed by atoms with Gasteiger partial charge in [-0.15, -0.1) is 0 Å². The summed E-state index contributed by atoms with van der Waals surface area (Å²) in [6, 6.07) is 10.0. The topological polar surface area (TPSA) is 122 Å². The number of ether oxygens (including phenoxy) is 1. The van der Waals surface area contributed by atoms with Crippen LogP contribution in [0.1, 0.15) is 39.0 Å². The molecule has 2 fully saturated rings. The molecule has 5 aromatic heterocycles. The Kier molecular flexibility index (Phi) is 7.40. The molecule has 1 unspecified atom stereocenters. The molecule has 0 saturated carbocycles. The van der Waals surface area contributed by atoms with Gasteiger partial charge in [-0.05, 0) is 66.6 Å². The fourth-order valence-electron chi connectivity index (χ4n) is 7.71. The number of fused-ring (bicyclic) bond motifs is 3. The Hall–Kier alpha value is -4.78. The minimum atomic E-state index is -1.71. The van der Waals surface area contributed by atoms with Crippen molar-refractivity contribution in [3.05, 3.63) is 98.8 Å². The van der Waals surface area contributed by atoms with E-state index in [9.17, 15) is 14.7 Å². The highest BCUT2D eigenvalue weighted by Gasteiger charge is 2.33. The molecule has 2 atom stereocenters. The lowest BCUT2D eigenvalue weighted by Gasteiger charge is -2.46. The van der Waals surface area contributed by atoms with Crippen molar-refractivity contribution >= 4 is 22.7 Å². The highest BCUT2D eigenvalue weighted by Crippen LogP contribution is 2.37. The molecule has 0 bridgehead atoms. The molecule has 5 aromatic rings. The van der Waals surface area contributed by atoms with Gasteiger partial charge < -0.3 is 29.0 Å². The van der Waals surface area contributed by atoms with E-state index in [1.807, 2.05) is 35.0 Å². The number of rotatable bonds is 7. The lowest BCUT2D eigenvalue weighted by molar-refractivity contribution is -0.0691. The van der Waals surface area contributed by atoms with Gasteiger partial charge in [-0.1, -0.05) is 13.8 Å². The van der Waals surface area contributed by atoms with Gasteiger partial charge >= 0.3 is 0 Å². The number of hydrogen-bond donors (Lipinski definition) is 2.